The smallest absolute Gasteiger partial charge is 0.222 e. The van der Waals surface area contributed by atoms with Crippen LogP contribution in [0.15, 0.2) is 48.5 Å². The highest BCUT2D eigenvalue weighted by Gasteiger charge is 2.02. The minimum absolute atomic E-state index is 0.0104. The van der Waals surface area contributed by atoms with Crippen LogP contribution < -0.4 is 20.1 Å². The number of rotatable bonds is 8. The van der Waals surface area contributed by atoms with E-state index in [4.69, 9.17) is 9.47 Å². The molecule has 2 aromatic rings. The van der Waals surface area contributed by atoms with E-state index in [2.05, 4.69) is 10.6 Å². The molecule has 0 fully saturated rings. The van der Waals surface area contributed by atoms with Crippen LogP contribution in [0.4, 0.5) is 5.69 Å². The van der Waals surface area contributed by atoms with E-state index in [0.29, 0.717) is 19.5 Å². The largest absolute Gasteiger partial charge is 0.497 e. The SMILES string of the molecule is COc1ccc(CNC(=O)CCNc2cccc(OC)c2)cc1. The third-order valence-corrected chi connectivity index (χ3v) is 3.40. The Morgan fingerprint density at radius 1 is 1.00 bits per heavy atom. The summed E-state index contributed by atoms with van der Waals surface area (Å²) in [5.41, 5.74) is 1.98. The van der Waals surface area contributed by atoms with Crippen molar-refractivity contribution in [3.8, 4) is 11.5 Å². The number of amides is 1. The summed E-state index contributed by atoms with van der Waals surface area (Å²) in [5.74, 6) is 1.61. The van der Waals surface area contributed by atoms with Crippen LogP contribution in [0.2, 0.25) is 0 Å². The number of nitrogens with one attached hydrogen (secondary N) is 2. The minimum Gasteiger partial charge on any atom is -0.497 e. The minimum atomic E-state index is 0.0104. The maximum Gasteiger partial charge on any atom is 0.222 e. The molecule has 0 saturated heterocycles. The maximum atomic E-state index is 11.9. The molecule has 2 rings (SSSR count). The van der Waals surface area contributed by atoms with Gasteiger partial charge in [0.1, 0.15) is 11.5 Å². The summed E-state index contributed by atoms with van der Waals surface area (Å²) < 4.78 is 10.3. The Hall–Kier alpha value is -2.69. The Labute approximate surface area is 136 Å². The number of ether oxygens (including phenoxy) is 2. The molecule has 0 aromatic heterocycles. The molecular weight excluding hydrogens is 292 g/mol. The highest BCUT2D eigenvalue weighted by Crippen LogP contribution is 2.16. The second-order valence-corrected chi connectivity index (χ2v) is 5.03. The Morgan fingerprint density at radius 2 is 1.74 bits per heavy atom. The van der Waals surface area contributed by atoms with Gasteiger partial charge in [-0.25, -0.2) is 0 Å². The summed E-state index contributed by atoms with van der Waals surface area (Å²) in [5, 5.41) is 6.11. The number of anilines is 1. The number of hydrogen-bond acceptors (Lipinski definition) is 4. The monoisotopic (exact) mass is 314 g/mol. The van der Waals surface area contributed by atoms with E-state index in [1.54, 1.807) is 14.2 Å². The highest BCUT2D eigenvalue weighted by molar-refractivity contribution is 5.76. The molecule has 5 heteroatoms. The molecule has 2 aromatic carbocycles. The number of carbonyl (C=O) groups excluding carboxylic acids is 1. The zero-order chi connectivity index (χ0) is 16.5. The summed E-state index contributed by atoms with van der Waals surface area (Å²) in [6.45, 7) is 1.09. The summed E-state index contributed by atoms with van der Waals surface area (Å²) in [4.78, 5) is 11.9. The molecular formula is C18H22N2O3. The van der Waals surface area contributed by atoms with E-state index in [1.807, 2.05) is 48.5 Å². The first-order valence-electron chi connectivity index (χ1n) is 7.49. The molecule has 0 aliphatic carbocycles. The molecule has 2 N–H and O–H groups in total. The molecule has 0 heterocycles. The van der Waals surface area contributed by atoms with Gasteiger partial charge in [-0.1, -0.05) is 18.2 Å². The Bertz CT molecular complexity index is 626. The molecule has 0 unspecified atom stereocenters. The third-order valence-electron chi connectivity index (χ3n) is 3.40. The molecule has 5 nitrogen and oxygen atoms in total. The first-order chi connectivity index (χ1) is 11.2. The summed E-state index contributed by atoms with van der Waals surface area (Å²) in [6, 6.07) is 15.3. The zero-order valence-corrected chi connectivity index (χ0v) is 13.5. The van der Waals surface area contributed by atoms with Gasteiger partial charge >= 0.3 is 0 Å². The predicted molar refractivity (Wildman–Crippen MR) is 90.9 cm³/mol. The molecule has 0 aliphatic rings. The number of carbonyl (C=O) groups is 1. The van der Waals surface area contributed by atoms with E-state index in [1.165, 1.54) is 0 Å². The quantitative estimate of drug-likeness (QED) is 0.786. The van der Waals surface area contributed by atoms with Gasteiger partial charge in [0.15, 0.2) is 0 Å². The van der Waals surface area contributed by atoms with Gasteiger partial charge in [-0.3, -0.25) is 4.79 Å². The Morgan fingerprint density at radius 3 is 2.43 bits per heavy atom. The van der Waals surface area contributed by atoms with Crippen molar-refractivity contribution < 1.29 is 14.3 Å². The van der Waals surface area contributed by atoms with Crippen molar-refractivity contribution in [1.82, 2.24) is 5.32 Å². The molecule has 0 bridgehead atoms. The molecule has 0 aliphatic heterocycles. The maximum absolute atomic E-state index is 11.9. The summed E-state index contributed by atoms with van der Waals surface area (Å²) >= 11 is 0. The Kier molecular flexibility index (Phi) is 6.29. The van der Waals surface area contributed by atoms with Crippen molar-refractivity contribution in [2.75, 3.05) is 26.1 Å². The van der Waals surface area contributed by atoms with Crippen LogP contribution in [0.3, 0.4) is 0 Å². The van der Waals surface area contributed by atoms with E-state index in [0.717, 1.165) is 22.7 Å². The van der Waals surface area contributed by atoms with E-state index in [9.17, 15) is 4.79 Å². The van der Waals surface area contributed by atoms with E-state index >= 15 is 0 Å². The van der Waals surface area contributed by atoms with Crippen molar-refractivity contribution in [2.45, 2.75) is 13.0 Å². The van der Waals surface area contributed by atoms with Crippen LogP contribution in [-0.2, 0) is 11.3 Å². The fourth-order valence-corrected chi connectivity index (χ4v) is 2.09. The topological polar surface area (TPSA) is 59.6 Å². The number of methoxy groups -OCH3 is 2. The second-order valence-electron chi connectivity index (χ2n) is 5.03. The fourth-order valence-electron chi connectivity index (χ4n) is 2.09. The molecule has 0 saturated carbocycles. The lowest BCUT2D eigenvalue weighted by atomic mass is 10.2. The van der Waals surface area contributed by atoms with Gasteiger partial charge in [-0.05, 0) is 29.8 Å². The zero-order valence-electron chi connectivity index (χ0n) is 13.5. The molecule has 122 valence electrons. The lowest BCUT2D eigenvalue weighted by Crippen LogP contribution is -2.24. The van der Waals surface area contributed by atoms with Crippen molar-refractivity contribution in [1.29, 1.82) is 0 Å². The van der Waals surface area contributed by atoms with Crippen LogP contribution in [0.5, 0.6) is 11.5 Å². The Balaban J connectivity index is 1.70. The summed E-state index contributed by atoms with van der Waals surface area (Å²) in [6.07, 6.45) is 0.410. The van der Waals surface area contributed by atoms with Crippen molar-refractivity contribution in [3.05, 3.63) is 54.1 Å². The van der Waals surface area contributed by atoms with E-state index < -0.39 is 0 Å². The molecule has 0 atom stereocenters. The van der Waals surface area contributed by atoms with Crippen LogP contribution in [0, 0.1) is 0 Å². The second kappa shape index (κ2) is 8.68. The lowest BCUT2D eigenvalue weighted by molar-refractivity contribution is -0.121. The van der Waals surface area contributed by atoms with Gasteiger partial charge in [0.2, 0.25) is 5.91 Å². The number of benzene rings is 2. The van der Waals surface area contributed by atoms with Crippen LogP contribution in [-0.4, -0.2) is 26.7 Å². The van der Waals surface area contributed by atoms with E-state index in [-0.39, 0.29) is 5.91 Å². The van der Waals surface area contributed by atoms with Crippen molar-refractivity contribution >= 4 is 11.6 Å². The number of hydrogen-bond donors (Lipinski definition) is 2. The third kappa shape index (κ3) is 5.54. The van der Waals surface area contributed by atoms with Crippen molar-refractivity contribution in [3.63, 3.8) is 0 Å². The van der Waals surface area contributed by atoms with Gasteiger partial charge in [-0.15, -0.1) is 0 Å². The first-order valence-corrected chi connectivity index (χ1v) is 7.49. The molecule has 0 spiro atoms. The highest BCUT2D eigenvalue weighted by atomic mass is 16.5. The van der Waals surface area contributed by atoms with Gasteiger partial charge in [0, 0.05) is 31.3 Å². The predicted octanol–water partition coefficient (Wildman–Crippen LogP) is 2.82. The van der Waals surface area contributed by atoms with Gasteiger partial charge in [0.05, 0.1) is 14.2 Å². The molecule has 23 heavy (non-hydrogen) atoms. The first kappa shape index (κ1) is 16.7. The van der Waals surface area contributed by atoms with Crippen LogP contribution in [0.1, 0.15) is 12.0 Å². The van der Waals surface area contributed by atoms with Gasteiger partial charge < -0.3 is 20.1 Å². The average molecular weight is 314 g/mol. The summed E-state index contributed by atoms with van der Waals surface area (Å²) in [7, 11) is 3.26. The average Bonchev–Trinajstić information content (AvgIpc) is 2.60. The fraction of sp³-hybridized carbons (Fsp3) is 0.278. The van der Waals surface area contributed by atoms with Crippen molar-refractivity contribution in [2.24, 2.45) is 0 Å². The van der Waals surface area contributed by atoms with Crippen LogP contribution >= 0.6 is 0 Å². The molecule has 1 amide bonds. The normalized spacial score (nSPS) is 10.0. The lowest BCUT2D eigenvalue weighted by Gasteiger charge is -2.09. The van der Waals surface area contributed by atoms with Gasteiger partial charge in [0.25, 0.3) is 0 Å². The van der Waals surface area contributed by atoms with Crippen LogP contribution in [0.25, 0.3) is 0 Å². The molecule has 0 radical (unpaired) electrons. The van der Waals surface area contributed by atoms with Gasteiger partial charge in [-0.2, -0.15) is 0 Å². The standard InChI is InChI=1S/C18H22N2O3/c1-22-16-8-6-14(7-9-16)13-20-18(21)10-11-19-15-4-3-5-17(12-15)23-2/h3-9,12,19H,10-11,13H2,1-2H3,(H,20,21).